The molecule has 1 rings (SSSR count). The van der Waals surface area contributed by atoms with Crippen LogP contribution in [0.15, 0.2) is 16.6 Å². The molecular formula is C11H14BrNO3. The van der Waals surface area contributed by atoms with Crippen LogP contribution in [0.5, 0.6) is 5.75 Å². The Hall–Kier alpha value is -1.23. The van der Waals surface area contributed by atoms with Crippen LogP contribution in [0.3, 0.4) is 0 Å². The summed E-state index contributed by atoms with van der Waals surface area (Å²) in [6.45, 7) is 2.14. The van der Waals surface area contributed by atoms with E-state index in [9.17, 15) is 4.79 Å². The molecule has 88 valence electrons. The van der Waals surface area contributed by atoms with Crippen molar-refractivity contribution in [2.24, 2.45) is 0 Å². The van der Waals surface area contributed by atoms with Gasteiger partial charge in [0.05, 0.1) is 30.3 Å². The number of nitrogens with two attached hydrogens (primary N) is 1. The molecule has 0 aliphatic carbocycles. The first-order valence-electron chi connectivity index (χ1n) is 4.86. The lowest BCUT2D eigenvalue weighted by Crippen LogP contribution is -2.09. The molecule has 5 heteroatoms. The van der Waals surface area contributed by atoms with Crippen molar-refractivity contribution in [3.63, 3.8) is 0 Å². The zero-order valence-corrected chi connectivity index (χ0v) is 10.8. The zero-order chi connectivity index (χ0) is 12.1. The van der Waals surface area contributed by atoms with Gasteiger partial charge in [-0.2, -0.15) is 0 Å². The summed E-state index contributed by atoms with van der Waals surface area (Å²) in [4.78, 5) is 11.3. The van der Waals surface area contributed by atoms with Crippen molar-refractivity contribution in [2.75, 3.05) is 19.5 Å². The fourth-order valence-electron chi connectivity index (χ4n) is 1.29. The number of esters is 1. The SMILES string of the molecule is CCOC(=O)Cc1ccc(OC)c(Br)c1N. The highest BCUT2D eigenvalue weighted by Gasteiger charge is 2.12. The number of halogens is 1. The quantitative estimate of drug-likeness (QED) is 0.681. The topological polar surface area (TPSA) is 61.5 Å². The second kappa shape index (κ2) is 5.75. The maximum absolute atomic E-state index is 11.3. The second-order valence-corrected chi connectivity index (χ2v) is 3.93. The van der Waals surface area contributed by atoms with Gasteiger partial charge in [0.15, 0.2) is 0 Å². The van der Waals surface area contributed by atoms with E-state index in [4.69, 9.17) is 15.2 Å². The van der Waals surface area contributed by atoms with E-state index in [1.807, 2.05) is 0 Å². The lowest BCUT2D eigenvalue weighted by Gasteiger charge is -2.10. The molecule has 0 saturated carbocycles. The molecule has 0 bridgehead atoms. The fourth-order valence-corrected chi connectivity index (χ4v) is 1.84. The summed E-state index contributed by atoms with van der Waals surface area (Å²) < 4.78 is 10.6. The number of rotatable bonds is 4. The summed E-state index contributed by atoms with van der Waals surface area (Å²) in [6.07, 6.45) is 0.169. The number of carbonyl (C=O) groups is 1. The van der Waals surface area contributed by atoms with Gasteiger partial charge in [-0.15, -0.1) is 0 Å². The molecule has 0 spiro atoms. The normalized spacial score (nSPS) is 9.94. The second-order valence-electron chi connectivity index (χ2n) is 3.14. The molecule has 2 N–H and O–H groups in total. The van der Waals surface area contributed by atoms with Crippen molar-refractivity contribution in [3.05, 3.63) is 22.2 Å². The molecular weight excluding hydrogens is 274 g/mol. The molecule has 0 unspecified atom stereocenters. The highest BCUT2D eigenvalue weighted by molar-refractivity contribution is 9.10. The Balaban J connectivity index is 2.90. The van der Waals surface area contributed by atoms with E-state index in [1.165, 1.54) is 0 Å². The van der Waals surface area contributed by atoms with E-state index in [1.54, 1.807) is 26.2 Å². The first-order chi connectivity index (χ1) is 7.60. The average molecular weight is 288 g/mol. The Bertz CT molecular complexity index is 393. The molecule has 0 aliphatic rings. The maximum Gasteiger partial charge on any atom is 0.310 e. The molecule has 0 saturated heterocycles. The van der Waals surface area contributed by atoms with Gasteiger partial charge < -0.3 is 15.2 Å². The van der Waals surface area contributed by atoms with Crippen LogP contribution in [0.2, 0.25) is 0 Å². The van der Waals surface area contributed by atoms with Crippen molar-refractivity contribution in [3.8, 4) is 5.75 Å². The van der Waals surface area contributed by atoms with Crippen molar-refractivity contribution in [1.82, 2.24) is 0 Å². The summed E-state index contributed by atoms with van der Waals surface area (Å²) in [5.41, 5.74) is 7.10. The molecule has 1 aromatic rings. The Kier molecular flexibility index (Phi) is 4.61. The number of benzene rings is 1. The van der Waals surface area contributed by atoms with E-state index in [0.29, 0.717) is 22.5 Å². The lowest BCUT2D eigenvalue weighted by molar-refractivity contribution is -0.142. The van der Waals surface area contributed by atoms with Crippen molar-refractivity contribution in [2.45, 2.75) is 13.3 Å². The molecule has 0 aromatic heterocycles. The Morgan fingerprint density at radius 1 is 1.50 bits per heavy atom. The van der Waals surface area contributed by atoms with Crippen LogP contribution in [-0.4, -0.2) is 19.7 Å². The summed E-state index contributed by atoms with van der Waals surface area (Å²) in [6, 6.07) is 3.52. The van der Waals surface area contributed by atoms with Crippen LogP contribution in [0.25, 0.3) is 0 Å². The molecule has 1 aromatic carbocycles. The van der Waals surface area contributed by atoms with Crippen LogP contribution in [0.4, 0.5) is 5.69 Å². The minimum Gasteiger partial charge on any atom is -0.495 e. The van der Waals surface area contributed by atoms with E-state index >= 15 is 0 Å². The maximum atomic E-state index is 11.3. The van der Waals surface area contributed by atoms with Crippen LogP contribution in [-0.2, 0) is 16.0 Å². The predicted octanol–water partition coefficient (Wildman–Crippen LogP) is 2.15. The van der Waals surface area contributed by atoms with Crippen molar-refractivity contribution >= 4 is 27.6 Å². The largest absolute Gasteiger partial charge is 0.495 e. The molecule has 0 radical (unpaired) electrons. The molecule has 4 nitrogen and oxygen atoms in total. The zero-order valence-electron chi connectivity index (χ0n) is 9.25. The third kappa shape index (κ3) is 2.88. The standard InChI is InChI=1S/C11H14BrNO3/c1-3-16-9(14)6-7-4-5-8(15-2)10(12)11(7)13/h4-5H,3,6,13H2,1-2H3. The van der Waals surface area contributed by atoms with Gasteiger partial charge in [0.2, 0.25) is 0 Å². The van der Waals surface area contributed by atoms with Crippen LogP contribution in [0.1, 0.15) is 12.5 Å². The summed E-state index contributed by atoms with van der Waals surface area (Å²) in [5.74, 6) is 0.358. The molecule has 0 atom stereocenters. The predicted molar refractivity (Wildman–Crippen MR) is 65.4 cm³/mol. The van der Waals surface area contributed by atoms with Gasteiger partial charge in [-0.3, -0.25) is 4.79 Å². The number of hydrogen-bond acceptors (Lipinski definition) is 4. The van der Waals surface area contributed by atoms with E-state index in [0.717, 1.165) is 5.56 Å². The first kappa shape index (κ1) is 12.8. The average Bonchev–Trinajstić information content (AvgIpc) is 2.25. The Labute approximate surface area is 103 Å². The molecule has 0 amide bonds. The number of methoxy groups -OCH3 is 1. The number of anilines is 1. The van der Waals surface area contributed by atoms with Gasteiger partial charge in [0.1, 0.15) is 5.75 Å². The smallest absolute Gasteiger partial charge is 0.310 e. The van der Waals surface area contributed by atoms with Gasteiger partial charge in [-0.25, -0.2) is 0 Å². The fraction of sp³-hybridized carbons (Fsp3) is 0.364. The Morgan fingerprint density at radius 3 is 2.75 bits per heavy atom. The summed E-state index contributed by atoms with van der Waals surface area (Å²) in [7, 11) is 1.56. The minimum absolute atomic E-state index is 0.169. The third-order valence-corrected chi connectivity index (χ3v) is 2.91. The van der Waals surface area contributed by atoms with Gasteiger partial charge in [-0.05, 0) is 34.5 Å². The van der Waals surface area contributed by atoms with E-state index in [-0.39, 0.29) is 12.4 Å². The van der Waals surface area contributed by atoms with Crippen LogP contribution in [0, 0.1) is 0 Å². The van der Waals surface area contributed by atoms with E-state index < -0.39 is 0 Å². The van der Waals surface area contributed by atoms with Gasteiger partial charge >= 0.3 is 5.97 Å². The number of hydrogen-bond donors (Lipinski definition) is 1. The molecule has 0 fully saturated rings. The molecule has 0 heterocycles. The highest BCUT2D eigenvalue weighted by Crippen LogP contribution is 2.33. The van der Waals surface area contributed by atoms with Crippen molar-refractivity contribution in [1.29, 1.82) is 0 Å². The number of carbonyl (C=O) groups excluding carboxylic acids is 1. The Morgan fingerprint density at radius 2 is 2.19 bits per heavy atom. The lowest BCUT2D eigenvalue weighted by atomic mass is 10.1. The third-order valence-electron chi connectivity index (χ3n) is 2.09. The first-order valence-corrected chi connectivity index (χ1v) is 5.65. The summed E-state index contributed by atoms with van der Waals surface area (Å²) in [5, 5.41) is 0. The van der Waals surface area contributed by atoms with Crippen LogP contribution < -0.4 is 10.5 Å². The van der Waals surface area contributed by atoms with Gasteiger partial charge in [-0.1, -0.05) is 6.07 Å². The molecule has 0 aliphatic heterocycles. The monoisotopic (exact) mass is 287 g/mol. The van der Waals surface area contributed by atoms with E-state index in [2.05, 4.69) is 15.9 Å². The van der Waals surface area contributed by atoms with Crippen molar-refractivity contribution < 1.29 is 14.3 Å². The van der Waals surface area contributed by atoms with Crippen LogP contribution >= 0.6 is 15.9 Å². The van der Waals surface area contributed by atoms with Gasteiger partial charge in [0.25, 0.3) is 0 Å². The van der Waals surface area contributed by atoms with Gasteiger partial charge in [0, 0.05) is 0 Å². The molecule has 16 heavy (non-hydrogen) atoms. The minimum atomic E-state index is -0.286. The highest BCUT2D eigenvalue weighted by atomic mass is 79.9. The number of nitrogen functional groups attached to an aromatic ring is 1. The summed E-state index contributed by atoms with van der Waals surface area (Å²) >= 11 is 3.32. The number of ether oxygens (including phenoxy) is 2.